The molecular weight excluding hydrogens is 326 g/mol. The molecule has 0 aromatic heterocycles. The van der Waals surface area contributed by atoms with Crippen molar-refractivity contribution in [3.8, 4) is 5.75 Å². The summed E-state index contributed by atoms with van der Waals surface area (Å²) in [5.41, 5.74) is 0. The quantitative estimate of drug-likeness (QED) is 0.689. The van der Waals surface area contributed by atoms with E-state index in [1.807, 2.05) is 18.2 Å². The summed E-state index contributed by atoms with van der Waals surface area (Å²) < 4.78 is 6.68. The van der Waals surface area contributed by atoms with Crippen LogP contribution in [0, 0.1) is 0 Å². The number of hydrogen-bond acceptors (Lipinski definition) is 2. The lowest BCUT2D eigenvalue weighted by Gasteiger charge is -2.26. The molecule has 0 spiro atoms. The normalized spacial score (nSPS) is 16.5. The Balaban J connectivity index is 1.61. The molecule has 1 aliphatic heterocycles. The van der Waals surface area contributed by atoms with E-state index >= 15 is 0 Å². The molecule has 1 saturated heterocycles. The van der Waals surface area contributed by atoms with Gasteiger partial charge >= 0.3 is 0 Å². The summed E-state index contributed by atoms with van der Waals surface area (Å²) in [5.74, 6) is 0.877. The van der Waals surface area contributed by atoms with Gasteiger partial charge in [-0.05, 0) is 79.4 Å². The lowest BCUT2D eigenvalue weighted by atomic mass is 10.1. The van der Waals surface area contributed by atoms with Crippen LogP contribution in [-0.4, -0.2) is 31.1 Å². The van der Waals surface area contributed by atoms with E-state index < -0.39 is 0 Å². The van der Waals surface area contributed by atoms with Gasteiger partial charge < -0.3 is 9.64 Å². The van der Waals surface area contributed by atoms with Gasteiger partial charge in [-0.1, -0.05) is 18.0 Å². The van der Waals surface area contributed by atoms with Crippen molar-refractivity contribution in [2.24, 2.45) is 0 Å². The summed E-state index contributed by atoms with van der Waals surface area (Å²) in [5, 5.41) is 0.726. The fourth-order valence-corrected chi connectivity index (χ4v) is 3.19. The number of halogens is 2. The van der Waals surface area contributed by atoms with E-state index in [1.54, 1.807) is 0 Å². The molecule has 0 amide bonds. The van der Waals surface area contributed by atoms with Gasteiger partial charge in [-0.25, -0.2) is 0 Å². The summed E-state index contributed by atoms with van der Waals surface area (Å²) in [6.07, 6.45) is 6.46. The van der Waals surface area contributed by atoms with Crippen LogP contribution < -0.4 is 4.74 Å². The average Bonchev–Trinajstić information content (AvgIpc) is 2.42. The Morgan fingerprint density at radius 3 is 2.68 bits per heavy atom. The molecule has 2 nitrogen and oxygen atoms in total. The zero-order chi connectivity index (χ0) is 13.5. The minimum atomic E-state index is 0.726. The van der Waals surface area contributed by atoms with Crippen molar-refractivity contribution in [3.05, 3.63) is 27.7 Å². The van der Waals surface area contributed by atoms with Gasteiger partial charge in [0.15, 0.2) is 0 Å². The van der Waals surface area contributed by atoms with E-state index in [-0.39, 0.29) is 0 Å². The van der Waals surface area contributed by atoms with Gasteiger partial charge in [0.05, 0.1) is 11.1 Å². The van der Waals surface area contributed by atoms with Crippen molar-refractivity contribution in [3.63, 3.8) is 0 Å². The third kappa shape index (κ3) is 5.33. The molecule has 4 heteroatoms. The second kappa shape index (κ2) is 8.13. The molecule has 0 unspecified atom stereocenters. The van der Waals surface area contributed by atoms with Crippen molar-refractivity contribution in [2.45, 2.75) is 32.1 Å². The molecule has 1 heterocycles. The summed E-state index contributed by atoms with van der Waals surface area (Å²) in [6.45, 7) is 4.55. The number of benzene rings is 1. The molecule has 0 saturated carbocycles. The van der Waals surface area contributed by atoms with Crippen LogP contribution in [-0.2, 0) is 0 Å². The Bertz CT molecular complexity index is 394. The Labute approximate surface area is 129 Å². The number of likely N-dealkylation sites (tertiary alicyclic amines) is 1. The fourth-order valence-electron chi connectivity index (χ4n) is 2.39. The smallest absolute Gasteiger partial charge is 0.133 e. The van der Waals surface area contributed by atoms with Gasteiger partial charge in [-0.15, -0.1) is 0 Å². The lowest BCUT2D eigenvalue weighted by molar-refractivity contribution is 0.216. The highest BCUT2D eigenvalue weighted by molar-refractivity contribution is 9.10. The second-order valence-electron chi connectivity index (χ2n) is 5.03. The number of rotatable bonds is 6. The average molecular weight is 347 g/mol. The number of ether oxygens (including phenoxy) is 1. The molecule has 0 atom stereocenters. The maximum Gasteiger partial charge on any atom is 0.133 e. The molecule has 0 radical (unpaired) electrons. The highest BCUT2D eigenvalue weighted by Gasteiger charge is 2.09. The predicted molar refractivity (Wildman–Crippen MR) is 84.2 cm³/mol. The summed E-state index contributed by atoms with van der Waals surface area (Å²) in [4.78, 5) is 2.57. The van der Waals surface area contributed by atoms with E-state index in [4.69, 9.17) is 16.3 Å². The van der Waals surface area contributed by atoms with Crippen LogP contribution in [0.15, 0.2) is 22.7 Å². The van der Waals surface area contributed by atoms with E-state index in [1.165, 1.54) is 45.3 Å². The first-order valence-electron chi connectivity index (χ1n) is 7.06. The largest absolute Gasteiger partial charge is 0.492 e. The standard InChI is InChI=1S/C15H21BrClNO/c16-14-12-13(17)6-7-15(14)19-11-5-4-10-18-8-2-1-3-9-18/h6-7,12H,1-5,8-11H2. The van der Waals surface area contributed by atoms with Gasteiger partial charge in [0.2, 0.25) is 0 Å². The molecule has 0 aliphatic carbocycles. The van der Waals surface area contributed by atoms with Crippen LogP contribution >= 0.6 is 27.5 Å². The highest BCUT2D eigenvalue weighted by Crippen LogP contribution is 2.28. The zero-order valence-electron chi connectivity index (χ0n) is 11.2. The SMILES string of the molecule is Clc1ccc(OCCCCN2CCCCC2)c(Br)c1. The fraction of sp³-hybridized carbons (Fsp3) is 0.600. The summed E-state index contributed by atoms with van der Waals surface area (Å²) >= 11 is 9.36. The third-order valence-corrected chi connectivity index (χ3v) is 4.32. The monoisotopic (exact) mass is 345 g/mol. The van der Waals surface area contributed by atoms with Gasteiger partial charge in [-0.3, -0.25) is 0 Å². The van der Waals surface area contributed by atoms with E-state index in [0.717, 1.165) is 28.3 Å². The minimum Gasteiger partial charge on any atom is -0.492 e. The minimum absolute atomic E-state index is 0.726. The Morgan fingerprint density at radius 1 is 1.16 bits per heavy atom. The Hall–Kier alpha value is -0.250. The first kappa shape index (κ1) is 15.1. The van der Waals surface area contributed by atoms with E-state index in [0.29, 0.717) is 0 Å². The van der Waals surface area contributed by atoms with Crippen LogP contribution in [0.4, 0.5) is 0 Å². The van der Waals surface area contributed by atoms with Crippen LogP contribution in [0.5, 0.6) is 5.75 Å². The van der Waals surface area contributed by atoms with Gasteiger partial charge in [0.1, 0.15) is 5.75 Å². The number of nitrogens with zero attached hydrogens (tertiary/aromatic N) is 1. The molecule has 0 N–H and O–H groups in total. The topological polar surface area (TPSA) is 12.5 Å². The molecule has 1 aliphatic rings. The first-order chi connectivity index (χ1) is 9.25. The molecule has 2 rings (SSSR count). The molecule has 1 aromatic carbocycles. The van der Waals surface area contributed by atoms with Crippen molar-refractivity contribution in [2.75, 3.05) is 26.2 Å². The zero-order valence-corrected chi connectivity index (χ0v) is 13.5. The number of unbranched alkanes of at least 4 members (excludes halogenated alkanes) is 1. The summed E-state index contributed by atoms with van der Waals surface area (Å²) in [7, 11) is 0. The highest BCUT2D eigenvalue weighted by atomic mass is 79.9. The molecule has 1 fully saturated rings. The molecule has 1 aromatic rings. The third-order valence-electron chi connectivity index (χ3n) is 3.47. The Morgan fingerprint density at radius 2 is 1.95 bits per heavy atom. The van der Waals surface area contributed by atoms with Gasteiger partial charge in [0.25, 0.3) is 0 Å². The maximum atomic E-state index is 5.90. The number of hydrogen-bond donors (Lipinski definition) is 0. The van der Waals surface area contributed by atoms with Crippen molar-refractivity contribution in [1.82, 2.24) is 4.90 Å². The molecule has 19 heavy (non-hydrogen) atoms. The van der Waals surface area contributed by atoms with Crippen LogP contribution in [0.25, 0.3) is 0 Å². The predicted octanol–water partition coefficient (Wildman–Crippen LogP) is 4.75. The first-order valence-corrected chi connectivity index (χ1v) is 8.23. The van der Waals surface area contributed by atoms with Crippen molar-refractivity contribution < 1.29 is 4.74 Å². The van der Waals surface area contributed by atoms with E-state index in [2.05, 4.69) is 20.8 Å². The van der Waals surface area contributed by atoms with Crippen LogP contribution in [0.3, 0.4) is 0 Å². The van der Waals surface area contributed by atoms with Crippen molar-refractivity contribution in [1.29, 1.82) is 0 Å². The second-order valence-corrected chi connectivity index (χ2v) is 6.32. The molecule has 106 valence electrons. The lowest BCUT2D eigenvalue weighted by Crippen LogP contribution is -2.30. The van der Waals surface area contributed by atoms with E-state index in [9.17, 15) is 0 Å². The molecular formula is C15H21BrClNO. The summed E-state index contributed by atoms with van der Waals surface area (Å²) in [6, 6.07) is 5.64. The maximum absolute atomic E-state index is 5.90. The van der Waals surface area contributed by atoms with Crippen LogP contribution in [0.1, 0.15) is 32.1 Å². The van der Waals surface area contributed by atoms with Gasteiger partial charge in [-0.2, -0.15) is 0 Å². The van der Waals surface area contributed by atoms with Crippen LogP contribution in [0.2, 0.25) is 5.02 Å². The van der Waals surface area contributed by atoms with Crippen molar-refractivity contribution >= 4 is 27.5 Å². The Kier molecular flexibility index (Phi) is 6.48. The molecule has 0 bridgehead atoms. The number of piperidine rings is 1. The van der Waals surface area contributed by atoms with Gasteiger partial charge in [0, 0.05) is 5.02 Å².